The Morgan fingerprint density at radius 2 is 2.11 bits per heavy atom. The molecule has 19 heavy (non-hydrogen) atoms. The van der Waals surface area contributed by atoms with Crippen molar-refractivity contribution >= 4 is 11.6 Å². The summed E-state index contributed by atoms with van der Waals surface area (Å²) >= 11 is 5.96. The highest BCUT2D eigenvalue weighted by molar-refractivity contribution is 6.32. The van der Waals surface area contributed by atoms with Crippen LogP contribution in [0, 0.1) is 0 Å². The van der Waals surface area contributed by atoms with E-state index in [2.05, 4.69) is 10.2 Å². The van der Waals surface area contributed by atoms with Crippen LogP contribution in [0.25, 0.3) is 0 Å². The number of rotatable bonds is 9. The molecule has 2 N–H and O–H groups in total. The van der Waals surface area contributed by atoms with Gasteiger partial charge in [-0.3, -0.25) is 0 Å². The van der Waals surface area contributed by atoms with Gasteiger partial charge in [-0.1, -0.05) is 23.7 Å². The first-order valence-electron chi connectivity index (χ1n) is 6.50. The molecule has 1 unspecified atom stereocenters. The van der Waals surface area contributed by atoms with Gasteiger partial charge in [-0.05, 0) is 45.7 Å². The molecule has 1 aromatic rings. The molecule has 5 heteroatoms. The van der Waals surface area contributed by atoms with Gasteiger partial charge in [0.15, 0.2) is 0 Å². The number of hydrogen-bond acceptors (Lipinski definition) is 4. The molecule has 1 rings (SSSR count). The Balaban J connectivity index is 2.11. The molecule has 0 aliphatic rings. The predicted molar refractivity (Wildman–Crippen MR) is 79.0 cm³/mol. The Kier molecular flexibility index (Phi) is 7.82. The summed E-state index contributed by atoms with van der Waals surface area (Å²) in [4.78, 5) is 2.14. The van der Waals surface area contributed by atoms with E-state index in [1.54, 1.807) is 12.1 Å². The SMILES string of the molecule is CN(C)CCCNCC(O)COc1ccccc1Cl. The number of aliphatic hydroxyl groups is 1. The third-order valence-corrected chi connectivity index (χ3v) is 2.92. The number of nitrogens with one attached hydrogen (secondary N) is 1. The van der Waals surface area contributed by atoms with Gasteiger partial charge >= 0.3 is 0 Å². The van der Waals surface area contributed by atoms with Crippen molar-refractivity contribution in [2.24, 2.45) is 0 Å². The van der Waals surface area contributed by atoms with Gasteiger partial charge in [0.05, 0.1) is 5.02 Å². The van der Waals surface area contributed by atoms with E-state index < -0.39 is 6.10 Å². The normalized spacial score (nSPS) is 12.7. The molecule has 0 aliphatic heterocycles. The van der Waals surface area contributed by atoms with E-state index in [-0.39, 0.29) is 6.61 Å². The lowest BCUT2D eigenvalue weighted by Gasteiger charge is -2.14. The van der Waals surface area contributed by atoms with E-state index in [4.69, 9.17) is 16.3 Å². The van der Waals surface area contributed by atoms with Crippen molar-refractivity contribution in [2.75, 3.05) is 40.3 Å². The van der Waals surface area contributed by atoms with Gasteiger partial charge in [-0.2, -0.15) is 0 Å². The summed E-state index contributed by atoms with van der Waals surface area (Å²) in [7, 11) is 4.10. The number of aliphatic hydroxyl groups excluding tert-OH is 1. The topological polar surface area (TPSA) is 44.7 Å². The zero-order chi connectivity index (χ0) is 14.1. The highest BCUT2D eigenvalue weighted by Crippen LogP contribution is 2.22. The van der Waals surface area contributed by atoms with Crippen molar-refractivity contribution in [3.05, 3.63) is 29.3 Å². The zero-order valence-corrected chi connectivity index (χ0v) is 12.4. The van der Waals surface area contributed by atoms with Gasteiger partial charge < -0.3 is 20.1 Å². The van der Waals surface area contributed by atoms with Crippen molar-refractivity contribution < 1.29 is 9.84 Å². The van der Waals surface area contributed by atoms with E-state index >= 15 is 0 Å². The molecule has 0 saturated carbocycles. The molecule has 1 aromatic carbocycles. The van der Waals surface area contributed by atoms with Gasteiger partial charge in [0.25, 0.3) is 0 Å². The van der Waals surface area contributed by atoms with E-state index in [1.165, 1.54) is 0 Å². The number of benzene rings is 1. The Labute approximate surface area is 120 Å². The Bertz CT molecular complexity index is 361. The number of nitrogens with zero attached hydrogens (tertiary/aromatic N) is 1. The van der Waals surface area contributed by atoms with Crippen LogP contribution in [-0.2, 0) is 0 Å². The second-order valence-electron chi connectivity index (χ2n) is 4.76. The first-order valence-corrected chi connectivity index (χ1v) is 6.88. The largest absolute Gasteiger partial charge is 0.489 e. The van der Waals surface area contributed by atoms with Crippen LogP contribution in [0.1, 0.15) is 6.42 Å². The van der Waals surface area contributed by atoms with E-state index in [1.807, 2.05) is 26.2 Å². The van der Waals surface area contributed by atoms with Crippen LogP contribution in [0.4, 0.5) is 0 Å². The van der Waals surface area contributed by atoms with Crippen LogP contribution in [0.15, 0.2) is 24.3 Å². The maximum atomic E-state index is 9.77. The Hall–Kier alpha value is -0.810. The lowest BCUT2D eigenvalue weighted by Crippen LogP contribution is -2.32. The molecule has 0 aliphatic carbocycles. The van der Waals surface area contributed by atoms with E-state index in [0.29, 0.717) is 17.3 Å². The fourth-order valence-electron chi connectivity index (χ4n) is 1.60. The quantitative estimate of drug-likeness (QED) is 0.677. The third kappa shape index (κ3) is 7.38. The molecule has 0 amide bonds. The van der Waals surface area contributed by atoms with Gasteiger partial charge in [-0.15, -0.1) is 0 Å². The summed E-state index contributed by atoms with van der Waals surface area (Å²) in [5, 5.41) is 13.5. The van der Waals surface area contributed by atoms with Gasteiger partial charge in [0.2, 0.25) is 0 Å². The first kappa shape index (κ1) is 16.2. The molecule has 1 atom stereocenters. The predicted octanol–water partition coefficient (Wildman–Crippen LogP) is 1.62. The standard InChI is InChI=1S/C14H23ClN2O2/c1-17(2)9-5-8-16-10-12(18)11-19-14-7-4-3-6-13(14)15/h3-4,6-7,12,16,18H,5,8-11H2,1-2H3. The highest BCUT2D eigenvalue weighted by atomic mass is 35.5. The molecule has 108 valence electrons. The summed E-state index contributed by atoms with van der Waals surface area (Å²) in [6, 6.07) is 7.26. The average molecular weight is 287 g/mol. The maximum absolute atomic E-state index is 9.77. The Morgan fingerprint density at radius 1 is 1.37 bits per heavy atom. The van der Waals surface area contributed by atoms with E-state index in [9.17, 15) is 5.11 Å². The van der Waals surface area contributed by atoms with Crippen molar-refractivity contribution in [1.82, 2.24) is 10.2 Å². The van der Waals surface area contributed by atoms with Crippen molar-refractivity contribution in [3.8, 4) is 5.75 Å². The highest BCUT2D eigenvalue weighted by Gasteiger charge is 2.06. The van der Waals surface area contributed by atoms with Gasteiger partial charge in [0.1, 0.15) is 18.5 Å². The van der Waals surface area contributed by atoms with Crippen LogP contribution >= 0.6 is 11.6 Å². The summed E-state index contributed by atoms with van der Waals surface area (Å²) in [5.41, 5.74) is 0. The molecule has 0 aromatic heterocycles. The lowest BCUT2D eigenvalue weighted by atomic mass is 10.3. The molecule has 0 saturated heterocycles. The minimum Gasteiger partial charge on any atom is -0.489 e. The average Bonchev–Trinajstić information content (AvgIpc) is 2.37. The summed E-state index contributed by atoms with van der Waals surface area (Å²) < 4.78 is 5.46. The van der Waals surface area contributed by atoms with Crippen molar-refractivity contribution in [1.29, 1.82) is 0 Å². The summed E-state index contributed by atoms with van der Waals surface area (Å²) in [6.45, 7) is 2.70. The minimum atomic E-state index is -0.532. The maximum Gasteiger partial charge on any atom is 0.138 e. The lowest BCUT2D eigenvalue weighted by molar-refractivity contribution is 0.106. The molecular formula is C14H23ClN2O2. The molecule has 0 radical (unpaired) electrons. The monoisotopic (exact) mass is 286 g/mol. The second-order valence-corrected chi connectivity index (χ2v) is 5.16. The smallest absolute Gasteiger partial charge is 0.138 e. The Morgan fingerprint density at radius 3 is 2.79 bits per heavy atom. The third-order valence-electron chi connectivity index (χ3n) is 2.61. The van der Waals surface area contributed by atoms with Gasteiger partial charge in [-0.25, -0.2) is 0 Å². The fraction of sp³-hybridized carbons (Fsp3) is 0.571. The van der Waals surface area contributed by atoms with Crippen molar-refractivity contribution in [3.63, 3.8) is 0 Å². The second kappa shape index (κ2) is 9.15. The molecule has 0 heterocycles. The molecule has 0 bridgehead atoms. The van der Waals surface area contributed by atoms with Crippen LogP contribution < -0.4 is 10.1 Å². The van der Waals surface area contributed by atoms with Crippen molar-refractivity contribution in [2.45, 2.75) is 12.5 Å². The number of hydrogen-bond donors (Lipinski definition) is 2. The summed E-state index contributed by atoms with van der Waals surface area (Å²) in [5.74, 6) is 0.607. The fourth-order valence-corrected chi connectivity index (χ4v) is 1.79. The van der Waals surface area contributed by atoms with Crippen LogP contribution in [0.3, 0.4) is 0 Å². The molecule has 4 nitrogen and oxygen atoms in total. The first-order chi connectivity index (χ1) is 9.09. The summed E-state index contributed by atoms with van der Waals surface area (Å²) in [6.07, 6.45) is 0.529. The van der Waals surface area contributed by atoms with Gasteiger partial charge in [0, 0.05) is 6.54 Å². The van der Waals surface area contributed by atoms with Crippen LogP contribution in [0.2, 0.25) is 5.02 Å². The molecular weight excluding hydrogens is 264 g/mol. The molecule has 0 spiro atoms. The zero-order valence-electron chi connectivity index (χ0n) is 11.6. The minimum absolute atomic E-state index is 0.240. The number of para-hydroxylation sites is 1. The van der Waals surface area contributed by atoms with Crippen LogP contribution in [-0.4, -0.2) is 56.4 Å². The molecule has 0 fully saturated rings. The number of ether oxygens (including phenoxy) is 1. The van der Waals surface area contributed by atoms with E-state index in [0.717, 1.165) is 19.5 Å². The van der Waals surface area contributed by atoms with Crippen LogP contribution in [0.5, 0.6) is 5.75 Å². The number of halogens is 1.